The number of aryl methyl sites for hydroxylation is 1. The van der Waals surface area contributed by atoms with Crippen molar-refractivity contribution in [2.24, 2.45) is 0 Å². The van der Waals surface area contributed by atoms with Crippen molar-refractivity contribution >= 4 is 11.6 Å². The van der Waals surface area contributed by atoms with Crippen LogP contribution in [-0.2, 0) is 0 Å². The molecule has 0 aliphatic heterocycles. The second kappa shape index (κ2) is 4.16. The highest BCUT2D eigenvalue weighted by atomic mass is 16.4. The molecule has 3 aromatic heterocycles. The molecule has 0 spiro atoms. The fourth-order valence-corrected chi connectivity index (χ4v) is 2.01. The summed E-state index contributed by atoms with van der Waals surface area (Å²) in [5.41, 5.74) is 2.74. The fraction of sp³-hybridized carbons (Fsp3) is 0.0769. The van der Waals surface area contributed by atoms with Crippen molar-refractivity contribution in [1.29, 1.82) is 0 Å². The van der Waals surface area contributed by atoms with Crippen LogP contribution >= 0.6 is 0 Å². The average Bonchev–Trinajstić information content (AvgIpc) is 2.74. The van der Waals surface area contributed by atoms with Crippen LogP contribution in [0.1, 0.15) is 16.2 Å². The van der Waals surface area contributed by atoms with Gasteiger partial charge in [0.2, 0.25) is 0 Å². The maximum atomic E-state index is 10.9. The topological polar surface area (TPSA) is 80.4 Å². The maximum absolute atomic E-state index is 10.9. The second-order valence-corrected chi connectivity index (χ2v) is 4.07. The number of carbonyl (C=O) groups is 1. The van der Waals surface area contributed by atoms with Gasteiger partial charge in [-0.3, -0.25) is 9.38 Å². The third-order valence-electron chi connectivity index (χ3n) is 2.80. The Morgan fingerprint density at radius 2 is 2.11 bits per heavy atom. The van der Waals surface area contributed by atoms with E-state index in [4.69, 9.17) is 5.11 Å². The lowest BCUT2D eigenvalue weighted by Gasteiger charge is -2.02. The summed E-state index contributed by atoms with van der Waals surface area (Å²) in [5.74, 6) is -1.10. The predicted octanol–water partition coefficient (Wildman–Crippen LogP) is 1.80. The first kappa shape index (κ1) is 11.3. The highest BCUT2D eigenvalue weighted by molar-refractivity contribution is 5.85. The molecule has 0 unspecified atom stereocenters. The number of aromatic carboxylic acids is 1. The Hall–Kier alpha value is -2.76. The normalized spacial score (nSPS) is 10.8. The summed E-state index contributed by atoms with van der Waals surface area (Å²) in [6, 6.07) is 5.65. The molecule has 1 N–H and O–H groups in total. The lowest BCUT2D eigenvalue weighted by atomic mass is 10.2. The summed E-state index contributed by atoms with van der Waals surface area (Å²) < 4.78 is 1.87. The Balaban J connectivity index is 2.27. The molecule has 0 saturated heterocycles. The molecule has 0 amide bonds. The standard InChI is InChI=1S/C13H10N4O2/c1-8-12(17-5-3-2-4-11(17)15-8)9-6-14-7-10(16-9)13(18)19/h2-7H,1H3,(H,18,19). The number of rotatable bonds is 2. The van der Waals surface area contributed by atoms with Crippen molar-refractivity contribution in [3.63, 3.8) is 0 Å². The predicted molar refractivity (Wildman–Crippen MR) is 67.9 cm³/mol. The zero-order valence-electron chi connectivity index (χ0n) is 10.1. The van der Waals surface area contributed by atoms with Crippen molar-refractivity contribution in [2.75, 3.05) is 0 Å². The number of pyridine rings is 1. The van der Waals surface area contributed by atoms with Crippen LogP contribution < -0.4 is 0 Å². The smallest absolute Gasteiger partial charge is 0.356 e. The molecule has 0 aliphatic rings. The number of fused-ring (bicyclic) bond motifs is 1. The van der Waals surface area contributed by atoms with Gasteiger partial charge in [0.15, 0.2) is 5.69 Å². The molecule has 0 aliphatic carbocycles. The molecule has 94 valence electrons. The van der Waals surface area contributed by atoms with Gasteiger partial charge in [-0.1, -0.05) is 6.07 Å². The zero-order valence-corrected chi connectivity index (χ0v) is 10.1. The molecule has 3 aromatic rings. The third kappa shape index (κ3) is 1.83. The van der Waals surface area contributed by atoms with Crippen LogP contribution in [0, 0.1) is 6.92 Å². The van der Waals surface area contributed by atoms with Gasteiger partial charge in [0.05, 0.1) is 23.8 Å². The molecule has 6 nitrogen and oxygen atoms in total. The number of nitrogens with zero attached hydrogens (tertiary/aromatic N) is 4. The molecule has 0 bridgehead atoms. The van der Waals surface area contributed by atoms with E-state index >= 15 is 0 Å². The quantitative estimate of drug-likeness (QED) is 0.754. The van der Waals surface area contributed by atoms with Gasteiger partial charge >= 0.3 is 5.97 Å². The maximum Gasteiger partial charge on any atom is 0.356 e. The first-order valence-electron chi connectivity index (χ1n) is 5.66. The van der Waals surface area contributed by atoms with E-state index in [1.165, 1.54) is 12.4 Å². The van der Waals surface area contributed by atoms with Crippen molar-refractivity contribution in [3.8, 4) is 11.4 Å². The minimum absolute atomic E-state index is 0.0808. The van der Waals surface area contributed by atoms with Gasteiger partial charge in [-0.05, 0) is 19.1 Å². The highest BCUT2D eigenvalue weighted by Crippen LogP contribution is 2.22. The van der Waals surface area contributed by atoms with E-state index in [1.54, 1.807) is 0 Å². The van der Waals surface area contributed by atoms with Gasteiger partial charge in [-0.15, -0.1) is 0 Å². The van der Waals surface area contributed by atoms with Gasteiger partial charge in [-0.2, -0.15) is 0 Å². The first-order valence-corrected chi connectivity index (χ1v) is 5.66. The Bertz CT molecular complexity index is 779. The van der Waals surface area contributed by atoms with Gasteiger partial charge in [0, 0.05) is 6.20 Å². The van der Waals surface area contributed by atoms with Gasteiger partial charge in [-0.25, -0.2) is 14.8 Å². The monoisotopic (exact) mass is 254 g/mol. The van der Waals surface area contributed by atoms with Crippen LogP contribution in [0.5, 0.6) is 0 Å². The molecule has 6 heteroatoms. The van der Waals surface area contributed by atoms with Crippen LogP contribution in [-0.4, -0.2) is 30.4 Å². The minimum atomic E-state index is -1.10. The van der Waals surface area contributed by atoms with E-state index in [9.17, 15) is 4.79 Å². The molecule has 0 aromatic carbocycles. The Morgan fingerprint density at radius 3 is 2.89 bits per heavy atom. The SMILES string of the molecule is Cc1nc2ccccn2c1-c1cncc(C(=O)O)n1. The molecule has 3 heterocycles. The summed E-state index contributed by atoms with van der Waals surface area (Å²) in [6.07, 6.45) is 4.63. The van der Waals surface area contributed by atoms with Gasteiger partial charge in [0.25, 0.3) is 0 Å². The molecule has 3 rings (SSSR count). The highest BCUT2D eigenvalue weighted by Gasteiger charge is 2.14. The van der Waals surface area contributed by atoms with Crippen LogP contribution in [0.25, 0.3) is 17.0 Å². The summed E-state index contributed by atoms with van der Waals surface area (Å²) in [4.78, 5) is 23.4. The van der Waals surface area contributed by atoms with Crippen molar-refractivity contribution in [1.82, 2.24) is 19.4 Å². The number of carboxylic acid groups (broad SMARTS) is 1. The van der Waals surface area contributed by atoms with E-state index in [2.05, 4.69) is 15.0 Å². The van der Waals surface area contributed by atoms with Crippen LogP contribution in [0.2, 0.25) is 0 Å². The largest absolute Gasteiger partial charge is 0.476 e. The van der Waals surface area contributed by atoms with Crippen molar-refractivity contribution < 1.29 is 9.90 Å². The lowest BCUT2D eigenvalue weighted by Crippen LogP contribution is -2.03. The van der Waals surface area contributed by atoms with Gasteiger partial charge < -0.3 is 5.11 Å². The first-order chi connectivity index (χ1) is 9.16. The molecule has 0 saturated carbocycles. The van der Waals surface area contributed by atoms with E-state index in [-0.39, 0.29) is 5.69 Å². The van der Waals surface area contributed by atoms with E-state index < -0.39 is 5.97 Å². The lowest BCUT2D eigenvalue weighted by molar-refractivity contribution is 0.0690. The second-order valence-electron chi connectivity index (χ2n) is 4.07. The number of aromatic nitrogens is 4. The zero-order chi connectivity index (χ0) is 13.4. The Labute approximate surface area is 108 Å². The Morgan fingerprint density at radius 1 is 1.26 bits per heavy atom. The molecular weight excluding hydrogens is 244 g/mol. The fourth-order valence-electron chi connectivity index (χ4n) is 2.01. The van der Waals surface area contributed by atoms with E-state index in [1.807, 2.05) is 35.7 Å². The van der Waals surface area contributed by atoms with Crippen LogP contribution in [0.4, 0.5) is 0 Å². The number of imidazole rings is 1. The minimum Gasteiger partial charge on any atom is -0.476 e. The van der Waals surface area contributed by atoms with E-state index in [0.717, 1.165) is 17.0 Å². The molecule has 0 radical (unpaired) electrons. The molecule has 0 fully saturated rings. The summed E-state index contributed by atoms with van der Waals surface area (Å²) in [5, 5.41) is 8.96. The van der Waals surface area contributed by atoms with Gasteiger partial charge in [0.1, 0.15) is 11.3 Å². The number of hydrogen-bond acceptors (Lipinski definition) is 4. The molecular formula is C13H10N4O2. The summed E-state index contributed by atoms with van der Waals surface area (Å²) in [7, 11) is 0. The van der Waals surface area contributed by atoms with Crippen LogP contribution in [0.15, 0.2) is 36.8 Å². The molecule has 19 heavy (non-hydrogen) atoms. The Kier molecular flexibility index (Phi) is 2.49. The molecule has 0 atom stereocenters. The van der Waals surface area contributed by atoms with E-state index in [0.29, 0.717) is 5.69 Å². The number of carboxylic acids is 1. The third-order valence-corrected chi connectivity index (χ3v) is 2.80. The average molecular weight is 254 g/mol. The summed E-state index contributed by atoms with van der Waals surface area (Å²) in [6.45, 7) is 1.86. The van der Waals surface area contributed by atoms with Crippen molar-refractivity contribution in [3.05, 3.63) is 48.2 Å². The summed E-state index contributed by atoms with van der Waals surface area (Å²) >= 11 is 0. The van der Waals surface area contributed by atoms with Crippen molar-refractivity contribution in [2.45, 2.75) is 6.92 Å². The number of hydrogen-bond donors (Lipinski definition) is 1. The van der Waals surface area contributed by atoms with Crippen LogP contribution in [0.3, 0.4) is 0 Å².